The van der Waals surface area contributed by atoms with E-state index in [0.29, 0.717) is 16.9 Å². The summed E-state index contributed by atoms with van der Waals surface area (Å²) in [6.45, 7) is 0. The van der Waals surface area contributed by atoms with Gasteiger partial charge in [0.2, 0.25) is 0 Å². The number of fused-ring (bicyclic) bond motifs is 1. The fraction of sp³-hybridized carbons (Fsp3) is 0.0556. The Bertz CT molecular complexity index is 951. The van der Waals surface area contributed by atoms with Gasteiger partial charge >= 0.3 is 6.18 Å². The number of rotatable bonds is 3. The van der Waals surface area contributed by atoms with E-state index in [1.807, 2.05) is 18.2 Å². The summed E-state index contributed by atoms with van der Waals surface area (Å²) in [6, 6.07) is 10.2. The molecule has 25 heavy (non-hydrogen) atoms. The second kappa shape index (κ2) is 6.35. The van der Waals surface area contributed by atoms with Crippen LogP contribution in [0.2, 0.25) is 0 Å². The van der Waals surface area contributed by atoms with Gasteiger partial charge in [0.25, 0.3) is 0 Å². The van der Waals surface area contributed by atoms with Crippen LogP contribution in [0.15, 0.2) is 59.9 Å². The van der Waals surface area contributed by atoms with Gasteiger partial charge in [-0.2, -0.15) is 13.2 Å². The highest BCUT2D eigenvalue weighted by atomic mass is 19.4. The van der Waals surface area contributed by atoms with E-state index < -0.39 is 11.7 Å². The topological polar surface area (TPSA) is 80.2 Å². The van der Waals surface area contributed by atoms with Gasteiger partial charge in [0, 0.05) is 35.1 Å². The van der Waals surface area contributed by atoms with Gasteiger partial charge in [-0.3, -0.25) is 4.99 Å². The first-order valence-electron chi connectivity index (χ1n) is 7.38. The minimum Gasteiger partial charge on any atom is -0.404 e. The minimum absolute atomic E-state index is 0.398. The average Bonchev–Trinajstić information content (AvgIpc) is 2.96. The number of hydrogen-bond donors (Lipinski definition) is 3. The van der Waals surface area contributed by atoms with Gasteiger partial charge < -0.3 is 16.5 Å². The number of nitrogens with zero attached hydrogens (tertiary/aromatic N) is 1. The van der Waals surface area contributed by atoms with Crippen molar-refractivity contribution in [2.24, 2.45) is 10.7 Å². The molecule has 1 aromatic heterocycles. The number of nitrogen functional groups attached to an aromatic ring is 1. The summed E-state index contributed by atoms with van der Waals surface area (Å²) < 4.78 is 37.7. The Balaban J connectivity index is 1.86. The van der Waals surface area contributed by atoms with Crippen LogP contribution >= 0.6 is 0 Å². The van der Waals surface area contributed by atoms with Gasteiger partial charge in [-0.05, 0) is 42.0 Å². The molecule has 0 spiro atoms. The predicted octanol–water partition coefficient (Wildman–Crippen LogP) is 4.47. The van der Waals surface area contributed by atoms with Crippen molar-refractivity contribution in [1.82, 2.24) is 4.98 Å². The summed E-state index contributed by atoms with van der Waals surface area (Å²) in [4.78, 5) is 7.23. The third-order valence-corrected chi connectivity index (χ3v) is 3.77. The fourth-order valence-electron chi connectivity index (χ4n) is 2.42. The molecule has 2 aromatic carbocycles. The van der Waals surface area contributed by atoms with E-state index in [-0.39, 0.29) is 0 Å². The van der Waals surface area contributed by atoms with Crippen LogP contribution < -0.4 is 11.5 Å². The van der Waals surface area contributed by atoms with E-state index in [4.69, 9.17) is 11.5 Å². The smallest absolute Gasteiger partial charge is 0.404 e. The first-order chi connectivity index (χ1) is 11.9. The van der Waals surface area contributed by atoms with Crippen LogP contribution in [0.1, 0.15) is 11.1 Å². The largest absolute Gasteiger partial charge is 0.416 e. The molecular formula is C18H15F3N4. The van der Waals surface area contributed by atoms with E-state index >= 15 is 0 Å². The molecule has 0 saturated carbocycles. The van der Waals surface area contributed by atoms with Crippen molar-refractivity contribution >= 4 is 34.1 Å². The van der Waals surface area contributed by atoms with E-state index in [1.165, 1.54) is 24.5 Å². The molecule has 0 unspecified atom stereocenters. The van der Waals surface area contributed by atoms with Crippen molar-refractivity contribution in [2.75, 3.05) is 5.73 Å². The molecule has 0 aliphatic rings. The number of nitrogens with one attached hydrogen (secondary N) is 1. The van der Waals surface area contributed by atoms with Crippen molar-refractivity contribution < 1.29 is 13.2 Å². The number of aromatic amines is 1. The van der Waals surface area contributed by atoms with Crippen molar-refractivity contribution in [3.63, 3.8) is 0 Å². The average molecular weight is 344 g/mol. The van der Waals surface area contributed by atoms with Crippen LogP contribution in [0.5, 0.6) is 0 Å². The minimum atomic E-state index is -4.36. The SMILES string of the molecule is NC=C(C=Nc1ccc(C(F)(F)F)cc1)c1ccc2[nH]cc(N)c2c1. The molecule has 0 fully saturated rings. The number of aromatic nitrogens is 1. The van der Waals surface area contributed by atoms with Crippen LogP contribution in [0.3, 0.4) is 0 Å². The molecule has 128 valence electrons. The second-order valence-electron chi connectivity index (χ2n) is 5.43. The lowest BCUT2D eigenvalue weighted by Gasteiger charge is -2.06. The third kappa shape index (κ3) is 3.50. The van der Waals surface area contributed by atoms with E-state index in [2.05, 4.69) is 9.98 Å². The Morgan fingerprint density at radius 2 is 1.80 bits per heavy atom. The summed E-state index contributed by atoms with van der Waals surface area (Å²) in [5.41, 5.74) is 14.2. The van der Waals surface area contributed by atoms with E-state index in [1.54, 1.807) is 6.20 Å². The molecule has 0 saturated heterocycles. The lowest BCUT2D eigenvalue weighted by atomic mass is 10.1. The van der Waals surface area contributed by atoms with Gasteiger partial charge in [0.1, 0.15) is 0 Å². The van der Waals surface area contributed by atoms with Crippen LogP contribution in [-0.2, 0) is 6.18 Å². The highest BCUT2D eigenvalue weighted by molar-refractivity contribution is 6.11. The zero-order valence-electron chi connectivity index (χ0n) is 13.0. The Hall–Kier alpha value is -3.22. The molecule has 0 aliphatic heterocycles. The lowest BCUT2D eigenvalue weighted by molar-refractivity contribution is -0.137. The van der Waals surface area contributed by atoms with Crippen LogP contribution in [0.4, 0.5) is 24.5 Å². The number of alkyl halides is 3. The molecule has 0 atom stereocenters. The molecule has 0 radical (unpaired) electrons. The van der Waals surface area contributed by atoms with Crippen LogP contribution in [0.25, 0.3) is 16.5 Å². The Kier molecular flexibility index (Phi) is 4.22. The summed E-state index contributed by atoms with van der Waals surface area (Å²) in [5, 5.41) is 0.861. The zero-order valence-corrected chi connectivity index (χ0v) is 13.0. The zero-order chi connectivity index (χ0) is 18.0. The normalized spacial score (nSPS) is 13.0. The van der Waals surface area contributed by atoms with E-state index in [0.717, 1.165) is 28.6 Å². The first-order valence-corrected chi connectivity index (χ1v) is 7.38. The molecular weight excluding hydrogens is 329 g/mol. The number of benzene rings is 2. The standard InChI is InChI=1S/C18H15F3N4/c19-18(20,21)13-2-4-14(5-3-13)24-9-12(8-22)11-1-6-17-15(7-11)16(23)10-25-17/h1-10,25H,22-23H2. The molecule has 3 aromatic rings. The van der Waals surface area contributed by atoms with Gasteiger partial charge in [-0.25, -0.2) is 0 Å². The van der Waals surface area contributed by atoms with Crippen molar-refractivity contribution in [3.8, 4) is 0 Å². The number of allylic oxidation sites excluding steroid dienone is 1. The number of aliphatic imine (C=N–C) groups is 1. The number of H-pyrrole nitrogens is 1. The third-order valence-electron chi connectivity index (χ3n) is 3.77. The maximum absolute atomic E-state index is 12.6. The summed E-state index contributed by atoms with van der Waals surface area (Å²) in [5.74, 6) is 0. The van der Waals surface area contributed by atoms with E-state index in [9.17, 15) is 13.2 Å². The summed E-state index contributed by atoms with van der Waals surface area (Å²) >= 11 is 0. The van der Waals surface area contributed by atoms with Crippen LogP contribution in [0, 0.1) is 0 Å². The highest BCUT2D eigenvalue weighted by Crippen LogP contribution is 2.30. The van der Waals surface area contributed by atoms with Crippen LogP contribution in [-0.4, -0.2) is 11.2 Å². The van der Waals surface area contributed by atoms with Crippen molar-refractivity contribution in [3.05, 3.63) is 66.0 Å². The fourth-order valence-corrected chi connectivity index (χ4v) is 2.42. The summed E-state index contributed by atoms with van der Waals surface area (Å²) in [7, 11) is 0. The lowest BCUT2D eigenvalue weighted by Crippen LogP contribution is -2.03. The maximum Gasteiger partial charge on any atom is 0.416 e. The molecule has 0 bridgehead atoms. The predicted molar refractivity (Wildman–Crippen MR) is 94.5 cm³/mol. The quantitative estimate of drug-likeness (QED) is 0.613. The molecule has 4 nitrogen and oxygen atoms in total. The van der Waals surface area contributed by atoms with Crippen molar-refractivity contribution in [1.29, 1.82) is 0 Å². The summed E-state index contributed by atoms with van der Waals surface area (Å²) in [6.07, 6.45) is 0.233. The molecule has 7 heteroatoms. The van der Waals surface area contributed by atoms with Crippen molar-refractivity contribution in [2.45, 2.75) is 6.18 Å². The van der Waals surface area contributed by atoms with Gasteiger partial charge in [0.15, 0.2) is 0 Å². The Morgan fingerprint density at radius 3 is 2.44 bits per heavy atom. The number of halogens is 3. The number of hydrogen-bond acceptors (Lipinski definition) is 3. The number of anilines is 1. The molecule has 0 amide bonds. The molecule has 0 aliphatic carbocycles. The number of nitrogens with two attached hydrogens (primary N) is 2. The molecule has 3 rings (SSSR count). The van der Waals surface area contributed by atoms with Gasteiger partial charge in [-0.15, -0.1) is 0 Å². The molecule has 5 N–H and O–H groups in total. The highest BCUT2D eigenvalue weighted by Gasteiger charge is 2.29. The monoisotopic (exact) mass is 344 g/mol. The Labute approximate surface area is 141 Å². The molecule has 1 heterocycles. The first kappa shape index (κ1) is 16.6. The Morgan fingerprint density at radius 1 is 1.08 bits per heavy atom. The van der Waals surface area contributed by atoms with Gasteiger partial charge in [-0.1, -0.05) is 6.07 Å². The second-order valence-corrected chi connectivity index (χ2v) is 5.43. The van der Waals surface area contributed by atoms with Gasteiger partial charge in [0.05, 0.1) is 16.9 Å². The maximum atomic E-state index is 12.6.